The number of carbonyl (C=O) groups is 1. The van der Waals surface area contributed by atoms with E-state index in [1.807, 2.05) is 13.8 Å². The predicted molar refractivity (Wildman–Crippen MR) is 81.5 cm³/mol. The Hall–Kier alpha value is -2.63. The normalized spacial score (nSPS) is 11.3. The molecule has 0 unspecified atom stereocenters. The van der Waals surface area contributed by atoms with Gasteiger partial charge in [-0.25, -0.2) is 8.78 Å². The average Bonchev–Trinajstić information content (AvgIpc) is 2.89. The zero-order chi connectivity index (χ0) is 16.6. The van der Waals surface area contributed by atoms with Crippen molar-refractivity contribution in [2.75, 3.05) is 0 Å². The van der Waals surface area contributed by atoms with E-state index >= 15 is 0 Å². The molecule has 0 fully saturated rings. The molecule has 3 rings (SSSR count). The molecule has 0 saturated heterocycles. The van der Waals surface area contributed by atoms with Gasteiger partial charge in [-0.05, 0) is 29.8 Å². The van der Waals surface area contributed by atoms with Crippen LogP contribution in [0.5, 0.6) is 0 Å². The molecule has 0 aliphatic carbocycles. The monoisotopic (exact) mass is 315 g/mol. The molecule has 23 heavy (non-hydrogen) atoms. The van der Waals surface area contributed by atoms with Crippen molar-refractivity contribution in [2.24, 2.45) is 0 Å². The molecule has 1 aromatic carbocycles. The fourth-order valence-electron chi connectivity index (χ4n) is 2.47. The van der Waals surface area contributed by atoms with E-state index in [1.54, 1.807) is 22.7 Å². The van der Waals surface area contributed by atoms with E-state index in [9.17, 15) is 13.6 Å². The highest BCUT2D eigenvalue weighted by molar-refractivity contribution is 5.97. The maximum atomic E-state index is 13.2. The minimum atomic E-state index is -0.691. The van der Waals surface area contributed by atoms with Gasteiger partial charge in [0.15, 0.2) is 11.4 Å². The molecule has 0 aliphatic rings. The molecule has 0 N–H and O–H groups in total. The van der Waals surface area contributed by atoms with Gasteiger partial charge in [0.05, 0.1) is 0 Å². The van der Waals surface area contributed by atoms with Gasteiger partial charge >= 0.3 is 0 Å². The van der Waals surface area contributed by atoms with Gasteiger partial charge in [-0.2, -0.15) is 0 Å². The Bertz CT molecular complexity index is 866. The van der Waals surface area contributed by atoms with Gasteiger partial charge in [-0.15, -0.1) is 10.2 Å². The number of nitrogens with zero attached hydrogens (tertiary/aromatic N) is 3. The van der Waals surface area contributed by atoms with Crippen LogP contribution in [0.25, 0.3) is 5.65 Å². The topological polar surface area (TPSA) is 47.3 Å². The molecule has 4 nitrogen and oxygen atoms in total. The van der Waals surface area contributed by atoms with E-state index in [0.29, 0.717) is 16.8 Å². The van der Waals surface area contributed by atoms with E-state index in [2.05, 4.69) is 10.2 Å². The van der Waals surface area contributed by atoms with Crippen LogP contribution in [-0.4, -0.2) is 20.4 Å². The number of pyridine rings is 1. The Kier molecular flexibility index (Phi) is 3.90. The molecule has 0 aliphatic heterocycles. The van der Waals surface area contributed by atoms with Crippen LogP contribution in [-0.2, 0) is 6.42 Å². The fourth-order valence-corrected chi connectivity index (χ4v) is 2.47. The lowest BCUT2D eigenvalue weighted by molar-refractivity contribution is 0.0992. The lowest BCUT2D eigenvalue weighted by Gasteiger charge is -2.06. The first-order chi connectivity index (χ1) is 10.9. The number of fused-ring (bicyclic) bond motifs is 1. The summed E-state index contributed by atoms with van der Waals surface area (Å²) in [6.45, 7) is 3.97. The van der Waals surface area contributed by atoms with Crippen molar-refractivity contribution >= 4 is 11.4 Å². The van der Waals surface area contributed by atoms with Gasteiger partial charge in [-0.3, -0.25) is 9.20 Å². The molecule has 0 bridgehead atoms. The number of Topliss-reactive ketones (excluding diaryl/α,β-unsaturated/α-hetero) is 1. The van der Waals surface area contributed by atoms with Crippen LogP contribution in [0.15, 0.2) is 36.5 Å². The maximum Gasteiger partial charge on any atom is 0.168 e. The number of carbonyl (C=O) groups excluding carboxylic acids is 1. The largest absolute Gasteiger partial charge is 0.294 e. The average molecular weight is 315 g/mol. The van der Waals surface area contributed by atoms with E-state index in [4.69, 9.17) is 0 Å². The molecule has 0 amide bonds. The first-order valence-electron chi connectivity index (χ1n) is 7.27. The van der Waals surface area contributed by atoms with Crippen molar-refractivity contribution in [3.8, 4) is 0 Å². The molecule has 6 heteroatoms. The Morgan fingerprint density at radius 2 is 1.83 bits per heavy atom. The molecule has 2 heterocycles. The summed E-state index contributed by atoms with van der Waals surface area (Å²) < 4.78 is 28.2. The summed E-state index contributed by atoms with van der Waals surface area (Å²) in [6, 6.07) is 6.46. The Morgan fingerprint density at radius 3 is 2.48 bits per heavy atom. The minimum absolute atomic E-state index is 0.0701. The van der Waals surface area contributed by atoms with Crippen LogP contribution in [0.1, 0.15) is 41.5 Å². The van der Waals surface area contributed by atoms with Crippen LogP contribution in [0.4, 0.5) is 8.78 Å². The first kappa shape index (κ1) is 15.3. The van der Waals surface area contributed by atoms with Crippen LogP contribution in [0.3, 0.4) is 0 Å². The lowest BCUT2D eigenvalue weighted by Crippen LogP contribution is -2.07. The molecule has 118 valence electrons. The zero-order valence-corrected chi connectivity index (χ0v) is 12.8. The number of rotatable bonds is 4. The van der Waals surface area contributed by atoms with Crippen molar-refractivity contribution < 1.29 is 13.6 Å². The molecule has 0 saturated carbocycles. The first-order valence-corrected chi connectivity index (χ1v) is 7.27. The lowest BCUT2D eigenvalue weighted by atomic mass is 10.0. The molecule has 0 spiro atoms. The van der Waals surface area contributed by atoms with Crippen molar-refractivity contribution in [1.82, 2.24) is 14.6 Å². The second-order valence-electron chi connectivity index (χ2n) is 5.74. The Morgan fingerprint density at radius 1 is 1.13 bits per heavy atom. The zero-order valence-electron chi connectivity index (χ0n) is 12.8. The quantitative estimate of drug-likeness (QED) is 0.692. The number of halogens is 2. The summed E-state index contributed by atoms with van der Waals surface area (Å²) in [5.41, 5.74) is 1.41. The van der Waals surface area contributed by atoms with E-state index < -0.39 is 11.6 Å². The third kappa shape index (κ3) is 3.11. The number of ketones is 1. The van der Waals surface area contributed by atoms with E-state index in [1.165, 1.54) is 0 Å². The highest BCUT2D eigenvalue weighted by Gasteiger charge is 2.13. The minimum Gasteiger partial charge on any atom is -0.294 e. The summed E-state index contributed by atoms with van der Waals surface area (Å²) in [5.74, 6) is -0.687. The standard InChI is InChI=1S/C17H15F2N3O/c1-10(2)17-21-20-16-4-3-12(9-22(16)17)15(23)7-11-5-13(18)8-14(19)6-11/h3-6,8-10H,7H2,1-2H3. The van der Waals surface area contributed by atoms with E-state index in [0.717, 1.165) is 24.0 Å². The van der Waals surface area contributed by atoms with Gasteiger partial charge in [0.1, 0.15) is 17.5 Å². The molecular weight excluding hydrogens is 300 g/mol. The van der Waals surface area contributed by atoms with E-state index in [-0.39, 0.29) is 18.1 Å². The number of hydrogen-bond acceptors (Lipinski definition) is 3. The van der Waals surface area contributed by atoms with Gasteiger partial charge in [0.2, 0.25) is 0 Å². The second-order valence-corrected chi connectivity index (χ2v) is 5.74. The van der Waals surface area contributed by atoms with Crippen LogP contribution >= 0.6 is 0 Å². The Balaban J connectivity index is 1.92. The summed E-state index contributed by atoms with van der Waals surface area (Å²) >= 11 is 0. The summed E-state index contributed by atoms with van der Waals surface area (Å²) in [5, 5.41) is 8.15. The third-order valence-electron chi connectivity index (χ3n) is 3.55. The van der Waals surface area contributed by atoms with Gasteiger partial charge < -0.3 is 0 Å². The van der Waals surface area contributed by atoms with Crippen molar-refractivity contribution in [3.05, 3.63) is 65.1 Å². The second kappa shape index (κ2) is 5.87. The highest BCUT2D eigenvalue weighted by atomic mass is 19.1. The maximum absolute atomic E-state index is 13.2. The molecule has 2 aromatic heterocycles. The number of benzene rings is 1. The van der Waals surface area contributed by atoms with Crippen molar-refractivity contribution in [1.29, 1.82) is 0 Å². The molecular formula is C17H15F2N3O. The summed E-state index contributed by atoms with van der Waals surface area (Å²) in [6.07, 6.45) is 1.60. The van der Waals surface area contributed by atoms with Crippen molar-refractivity contribution in [3.63, 3.8) is 0 Å². The van der Waals surface area contributed by atoms with Gasteiger partial charge in [-0.1, -0.05) is 13.8 Å². The number of hydrogen-bond donors (Lipinski definition) is 0. The number of aromatic nitrogens is 3. The SMILES string of the molecule is CC(C)c1nnc2ccc(C(=O)Cc3cc(F)cc(F)c3)cn12. The molecule has 0 atom stereocenters. The molecule has 0 radical (unpaired) electrons. The summed E-state index contributed by atoms with van der Waals surface area (Å²) in [7, 11) is 0. The fraction of sp³-hybridized carbons (Fsp3) is 0.235. The van der Waals surface area contributed by atoms with Crippen LogP contribution in [0.2, 0.25) is 0 Å². The van der Waals surface area contributed by atoms with Gasteiger partial charge in [0, 0.05) is 30.2 Å². The molecule has 3 aromatic rings. The van der Waals surface area contributed by atoms with Crippen molar-refractivity contribution in [2.45, 2.75) is 26.2 Å². The smallest absolute Gasteiger partial charge is 0.168 e. The highest BCUT2D eigenvalue weighted by Crippen LogP contribution is 2.16. The van der Waals surface area contributed by atoms with Crippen LogP contribution < -0.4 is 0 Å². The predicted octanol–water partition coefficient (Wildman–Crippen LogP) is 3.56. The van der Waals surface area contributed by atoms with Gasteiger partial charge in [0.25, 0.3) is 0 Å². The Labute approximate surface area is 131 Å². The third-order valence-corrected chi connectivity index (χ3v) is 3.55. The van der Waals surface area contributed by atoms with Crippen LogP contribution in [0, 0.1) is 11.6 Å². The summed E-state index contributed by atoms with van der Waals surface area (Å²) in [4.78, 5) is 12.4.